The van der Waals surface area contributed by atoms with Gasteiger partial charge in [0.05, 0.1) is 12.6 Å². The molecule has 2 aliphatic heterocycles. The Morgan fingerprint density at radius 2 is 1.61 bits per heavy atom. The Morgan fingerprint density at radius 3 is 2.33 bits per heavy atom. The molecule has 1 atom stereocenters. The number of aromatic nitrogens is 1. The Morgan fingerprint density at radius 1 is 0.944 bits per heavy atom. The molecule has 1 aromatic heterocycles. The van der Waals surface area contributed by atoms with Crippen LogP contribution in [0.3, 0.4) is 0 Å². The molecule has 0 fully saturated rings. The van der Waals surface area contributed by atoms with Crippen molar-refractivity contribution in [2.24, 2.45) is 0 Å². The number of thioether (sulfide) groups is 1. The summed E-state index contributed by atoms with van der Waals surface area (Å²) >= 11 is 1.59. The van der Waals surface area contributed by atoms with E-state index >= 15 is 0 Å². The fourth-order valence-corrected chi connectivity index (χ4v) is 5.72. The molecular formula is C25H20F5N3O2S. The number of pyridine rings is 1. The summed E-state index contributed by atoms with van der Waals surface area (Å²) in [5.74, 6) is -5.56. The number of carbonyl (C=O) groups excluding carboxylic acids is 1. The fourth-order valence-electron chi connectivity index (χ4n) is 4.63. The third kappa shape index (κ3) is 3.95. The minimum Gasteiger partial charge on any atom is -0.312 e. The van der Waals surface area contributed by atoms with E-state index in [0.717, 1.165) is 21.6 Å². The van der Waals surface area contributed by atoms with Crippen LogP contribution >= 0.6 is 11.8 Å². The molecule has 1 amide bonds. The molecule has 5 nitrogen and oxygen atoms in total. The lowest BCUT2D eigenvalue weighted by Gasteiger charge is -2.45. The number of carbonyl (C=O) groups is 1. The fraction of sp³-hybridized carbons (Fsp3) is 0.280. The SMILES string of the molecule is Cc1c2n(ccc1=O)N(C1c3ccccc3CSc3ccccc31)CN(CC(F)(F)C(F)(F)F)C2=O. The van der Waals surface area contributed by atoms with E-state index in [2.05, 4.69) is 0 Å². The molecule has 188 valence electrons. The highest BCUT2D eigenvalue weighted by Crippen LogP contribution is 2.43. The van der Waals surface area contributed by atoms with E-state index in [1.54, 1.807) is 16.8 Å². The topological polar surface area (TPSA) is 45.6 Å². The number of hydrogen-bond acceptors (Lipinski definition) is 4. The normalized spacial score (nSPS) is 17.8. The molecule has 0 N–H and O–H groups in total. The second-order valence-corrected chi connectivity index (χ2v) is 9.73. The van der Waals surface area contributed by atoms with Gasteiger partial charge in [-0.2, -0.15) is 22.0 Å². The standard InChI is InChI=1S/C25H20F5N3O2S/c1-15-19(34)10-11-32-21(15)23(35)31(13-24(26,27)25(28,29)30)14-33(32)22-17-7-3-2-6-16(17)12-36-20-9-5-4-8-18(20)22/h2-11,22H,12-14H2,1H3. The zero-order valence-electron chi connectivity index (χ0n) is 18.9. The van der Waals surface area contributed by atoms with E-state index < -0.39 is 42.7 Å². The number of alkyl halides is 5. The van der Waals surface area contributed by atoms with Crippen LogP contribution < -0.4 is 10.4 Å². The first-order chi connectivity index (χ1) is 17.0. The van der Waals surface area contributed by atoms with Crippen LogP contribution in [0.15, 0.2) is 70.5 Å². The average Bonchev–Trinajstić information content (AvgIpc) is 2.99. The molecule has 0 radical (unpaired) electrons. The maximum absolute atomic E-state index is 14.1. The first-order valence-corrected chi connectivity index (χ1v) is 12.0. The van der Waals surface area contributed by atoms with Crippen molar-refractivity contribution in [1.82, 2.24) is 9.58 Å². The lowest BCUT2D eigenvalue weighted by Crippen LogP contribution is -2.59. The molecule has 1 unspecified atom stereocenters. The van der Waals surface area contributed by atoms with Crippen molar-refractivity contribution in [3.63, 3.8) is 0 Å². The zero-order chi connectivity index (χ0) is 25.8. The van der Waals surface area contributed by atoms with E-state index in [-0.39, 0.29) is 11.3 Å². The summed E-state index contributed by atoms with van der Waals surface area (Å²) in [5.41, 5.74) is 1.82. The lowest BCUT2D eigenvalue weighted by atomic mass is 9.94. The van der Waals surface area contributed by atoms with Gasteiger partial charge < -0.3 is 4.90 Å². The molecule has 0 aliphatic carbocycles. The van der Waals surface area contributed by atoms with E-state index in [4.69, 9.17) is 0 Å². The number of rotatable bonds is 3. The summed E-state index contributed by atoms with van der Waals surface area (Å²) < 4.78 is 69.0. The van der Waals surface area contributed by atoms with E-state index in [1.807, 2.05) is 48.5 Å². The van der Waals surface area contributed by atoms with E-state index in [0.29, 0.717) is 10.7 Å². The van der Waals surface area contributed by atoms with Crippen molar-refractivity contribution in [3.05, 3.63) is 99.0 Å². The highest BCUT2D eigenvalue weighted by atomic mass is 32.2. The van der Waals surface area contributed by atoms with E-state index in [1.165, 1.54) is 23.9 Å². The molecule has 2 aromatic carbocycles. The third-order valence-electron chi connectivity index (χ3n) is 6.45. The lowest BCUT2D eigenvalue weighted by molar-refractivity contribution is -0.284. The van der Waals surface area contributed by atoms with Crippen LogP contribution in [0.1, 0.15) is 38.8 Å². The maximum Gasteiger partial charge on any atom is 0.455 e. The number of hydrogen-bond donors (Lipinski definition) is 0. The number of fused-ring (bicyclic) bond motifs is 3. The van der Waals surface area contributed by atoms with Crippen LogP contribution in [0.2, 0.25) is 0 Å². The van der Waals surface area contributed by atoms with Gasteiger partial charge in [-0.1, -0.05) is 42.5 Å². The molecule has 0 saturated heterocycles. The largest absolute Gasteiger partial charge is 0.455 e. The number of nitrogens with zero attached hydrogens (tertiary/aromatic N) is 3. The summed E-state index contributed by atoms with van der Waals surface area (Å²) in [6.07, 6.45) is -4.47. The maximum atomic E-state index is 14.1. The van der Waals surface area contributed by atoms with Gasteiger partial charge in [0.1, 0.15) is 12.4 Å². The monoisotopic (exact) mass is 521 g/mol. The molecule has 0 saturated carbocycles. The molecule has 3 aromatic rings. The zero-order valence-corrected chi connectivity index (χ0v) is 19.7. The van der Waals surface area contributed by atoms with Crippen molar-refractivity contribution in [3.8, 4) is 0 Å². The Kier molecular flexibility index (Phi) is 5.85. The van der Waals surface area contributed by atoms with Gasteiger partial charge in [-0.15, -0.1) is 11.8 Å². The second kappa shape index (κ2) is 8.65. The molecule has 11 heteroatoms. The van der Waals surface area contributed by atoms with Crippen LogP contribution in [0.4, 0.5) is 22.0 Å². The Labute approximate surface area is 207 Å². The summed E-state index contributed by atoms with van der Waals surface area (Å²) in [6, 6.07) is 15.6. The van der Waals surface area contributed by atoms with Crippen LogP contribution in [-0.4, -0.2) is 40.8 Å². The Balaban J connectivity index is 1.72. The van der Waals surface area contributed by atoms with Crippen molar-refractivity contribution < 1.29 is 26.7 Å². The summed E-state index contributed by atoms with van der Waals surface area (Å²) in [6.45, 7) is -1.04. The van der Waals surface area contributed by atoms with Crippen LogP contribution in [0.25, 0.3) is 0 Å². The van der Waals surface area contributed by atoms with Crippen LogP contribution in [0.5, 0.6) is 0 Å². The molecule has 0 bridgehead atoms. The van der Waals surface area contributed by atoms with Crippen molar-refractivity contribution in [2.45, 2.75) is 35.7 Å². The quantitative estimate of drug-likeness (QED) is 0.450. The Hall–Kier alpha value is -3.34. The van der Waals surface area contributed by atoms with Gasteiger partial charge in [-0.25, -0.2) is 0 Å². The minimum absolute atomic E-state index is 0.0305. The summed E-state index contributed by atoms with van der Waals surface area (Å²) in [5, 5.41) is 1.57. The second-order valence-electron chi connectivity index (χ2n) is 8.71. The molecule has 0 spiro atoms. The van der Waals surface area contributed by atoms with Gasteiger partial charge in [0.2, 0.25) is 0 Å². The summed E-state index contributed by atoms with van der Waals surface area (Å²) in [7, 11) is 0. The molecule has 3 heterocycles. The van der Waals surface area contributed by atoms with Gasteiger partial charge in [0.15, 0.2) is 5.43 Å². The predicted octanol–water partition coefficient (Wildman–Crippen LogP) is 5.10. The molecule has 5 rings (SSSR count). The highest BCUT2D eigenvalue weighted by Gasteiger charge is 2.59. The third-order valence-corrected chi connectivity index (χ3v) is 7.59. The Bertz CT molecular complexity index is 1360. The van der Waals surface area contributed by atoms with Gasteiger partial charge in [-0.3, -0.25) is 19.3 Å². The number of benzene rings is 2. The first kappa shape index (κ1) is 24.4. The van der Waals surface area contributed by atoms with Gasteiger partial charge >= 0.3 is 12.1 Å². The van der Waals surface area contributed by atoms with Gasteiger partial charge in [0, 0.05) is 28.5 Å². The van der Waals surface area contributed by atoms with Gasteiger partial charge in [-0.05, 0) is 29.7 Å². The molecular weight excluding hydrogens is 501 g/mol. The number of amides is 1. The van der Waals surface area contributed by atoms with Crippen molar-refractivity contribution in [2.75, 3.05) is 18.2 Å². The average molecular weight is 522 g/mol. The first-order valence-electron chi connectivity index (χ1n) is 11.0. The van der Waals surface area contributed by atoms with Gasteiger partial charge in [0.25, 0.3) is 5.91 Å². The smallest absolute Gasteiger partial charge is 0.312 e. The van der Waals surface area contributed by atoms with Crippen LogP contribution in [0, 0.1) is 6.92 Å². The van der Waals surface area contributed by atoms with Crippen molar-refractivity contribution in [1.29, 1.82) is 0 Å². The number of halogens is 5. The minimum atomic E-state index is -5.83. The van der Waals surface area contributed by atoms with Crippen LogP contribution in [-0.2, 0) is 5.75 Å². The molecule has 2 aliphatic rings. The van der Waals surface area contributed by atoms with E-state index in [9.17, 15) is 31.5 Å². The molecule has 36 heavy (non-hydrogen) atoms. The summed E-state index contributed by atoms with van der Waals surface area (Å²) in [4.78, 5) is 27.0. The highest BCUT2D eigenvalue weighted by molar-refractivity contribution is 7.98. The van der Waals surface area contributed by atoms with Crippen molar-refractivity contribution >= 4 is 17.7 Å². The predicted molar refractivity (Wildman–Crippen MR) is 125 cm³/mol.